The zero-order valence-corrected chi connectivity index (χ0v) is 11.0. The van der Waals surface area contributed by atoms with Gasteiger partial charge < -0.3 is 10.1 Å². The van der Waals surface area contributed by atoms with Crippen molar-refractivity contribution < 1.29 is 4.74 Å². The zero-order chi connectivity index (χ0) is 12.1. The van der Waals surface area contributed by atoms with E-state index in [0.29, 0.717) is 0 Å². The Kier molecular flexibility index (Phi) is 4.43. The normalized spacial score (nSPS) is 16.4. The molecule has 2 heteroatoms. The Bertz CT molecular complexity index is 356. The van der Waals surface area contributed by atoms with Crippen LogP contribution in [0.5, 0.6) is 5.75 Å². The molecule has 1 saturated carbocycles. The van der Waals surface area contributed by atoms with Crippen molar-refractivity contribution in [3.05, 3.63) is 29.3 Å². The Morgan fingerprint density at radius 2 is 2.06 bits per heavy atom. The summed E-state index contributed by atoms with van der Waals surface area (Å²) in [6.07, 6.45) is 6.50. The smallest absolute Gasteiger partial charge is 0.122 e. The van der Waals surface area contributed by atoms with E-state index in [1.54, 1.807) is 7.11 Å². The van der Waals surface area contributed by atoms with Gasteiger partial charge in [0.05, 0.1) is 7.11 Å². The average Bonchev–Trinajstić information content (AvgIpc) is 2.89. The Morgan fingerprint density at radius 1 is 1.29 bits per heavy atom. The molecule has 2 nitrogen and oxygen atoms in total. The summed E-state index contributed by atoms with van der Waals surface area (Å²) < 4.78 is 5.35. The highest BCUT2D eigenvalue weighted by Crippen LogP contribution is 2.21. The third kappa shape index (κ3) is 3.22. The molecule has 17 heavy (non-hydrogen) atoms. The lowest BCUT2D eigenvalue weighted by Gasteiger charge is -2.13. The van der Waals surface area contributed by atoms with Crippen LogP contribution in [0, 0.1) is 0 Å². The monoisotopic (exact) mass is 233 g/mol. The second-order valence-electron chi connectivity index (χ2n) is 4.86. The number of hydrogen-bond donors (Lipinski definition) is 1. The number of aryl methyl sites for hydroxylation is 1. The maximum Gasteiger partial charge on any atom is 0.122 e. The van der Waals surface area contributed by atoms with E-state index >= 15 is 0 Å². The van der Waals surface area contributed by atoms with Crippen LogP contribution in [0.4, 0.5) is 0 Å². The molecule has 2 rings (SSSR count). The van der Waals surface area contributed by atoms with E-state index in [1.165, 1.54) is 36.8 Å². The zero-order valence-electron chi connectivity index (χ0n) is 11.0. The molecule has 0 amide bonds. The lowest BCUT2D eigenvalue weighted by molar-refractivity contribution is 0.409. The fourth-order valence-corrected chi connectivity index (χ4v) is 2.61. The minimum absolute atomic E-state index is 0.738. The minimum Gasteiger partial charge on any atom is -0.496 e. The summed E-state index contributed by atoms with van der Waals surface area (Å²) in [5.74, 6) is 1.01. The Labute approximate surface area is 104 Å². The van der Waals surface area contributed by atoms with Crippen LogP contribution in [0.15, 0.2) is 18.2 Å². The molecule has 0 aliphatic heterocycles. The van der Waals surface area contributed by atoms with Crippen molar-refractivity contribution in [2.75, 3.05) is 7.11 Å². The van der Waals surface area contributed by atoms with Gasteiger partial charge in [0.2, 0.25) is 0 Å². The molecule has 1 aromatic rings. The second-order valence-corrected chi connectivity index (χ2v) is 4.86. The standard InChI is InChI=1S/C15H23NO/c1-3-13-10-12(8-9-15(13)17-2)11-16-14-6-4-5-7-14/h8-10,14,16H,3-7,11H2,1-2H3. The summed E-state index contributed by atoms with van der Waals surface area (Å²) in [7, 11) is 1.74. The van der Waals surface area contributed by atoms with Crippen LogP contribution < -0.4 is 10.1 Å². The van der Waals surface area contributed by atoms with Gasteiger partial charge in [-0.3, -0.25) is 0 Å². The van der Waals surface area contributed by atoms with E-state index < -0.39 is 0 Å². The largest absolute Gasteiger partial charge is 0.496 e. The topological polar surface area (TPSA) is 21.3 Å². The summed E-state index contributed by atoms with van der Waals surface area (Å²) in [5.41, 5.74) is 2.67. The summed E-state index contributed by atoms with van der Waals surface area (Å²) in [4.78, 5) is 0. The fraction of sp³-hybridized carbons (Fsp3) is 0.600. The van der Waals surface area contributed by atoms with Gasteiger partial charge in [0.15, 0.2) is 0 Å². The van der Waals surface area contributed by atoms with Gasteiger partial charge in [-0.25, -0.2) is 0 Å². The lowest BCUT2D eigenvalue weighted by atomic mass is 10.1. The van der Waals surface area contributed by atoms with Crippen molar-refractivity contribution in [2.24, 2.45) is 0 Å². The molecule has 0 atom stereocenters. The van der Waals surface area contributed by atoms with Crippen LogP contribution in [0.25, 0.3) is 0 Å². The molecular weight excluding hydrogens is 210 g/mol. The molecule has 0 aromatic heterocycles. The molecule has 94 valence electrons. The molecule has 1 aliphatic rings. The van der Waals surface area contributed by atoms with E-state index in [0.717, 1.165) is 24.8 Å². The highest BCUT2D eigenvalue weighted by molar-refractivity contribution is 5.37. The van der Waals surface area contributed by atoms with Gasteiger partial charge in [-0.15, -0.1) is 0 Å². The summed E-state index contributed by atoms with van der Waals surface area (Å²) >= 11 is 0. The van der Waals surface area contributed by atoms with Crippen molar-refractivity contribution in [3.8, 4) is 5.75 Å². The molecule has 0 saturated heterocycles. The quantitative estimate of drug-likeness (QED) is 0.842. The Hall–Kier alpha value is -1.02. The first-order valence-corrected chi connectivity index (χ1v) is 6.72. The van der Waals surface area contributed by atoms with E-state index in [2.05, 4.69) is 30.4 Å². The maximum absolute atomic E-state index is 5.35. The predicted molar refractivity (Wildman–Crippen MR) is 71.5 cm³/mol. The molecule has 0 unspecified atom stereocenters. The van der Waals surface area contributed by atoms with Crippen LogP contribution in [0.3, 0.4) is 0 Å². The first kappa shape index (κ1) is 12.4. The number of benzene rings is 1. The fourth-order valence-electron chi connectivity index (χ4n) is 2.61. The highest BCUT2D eigenvalue weighted by atomic mass is 16.5. The molecule has 0 bridgehead atoms. The molecule has 1 aliphatic carbocycles. The molecular formula is C15H23NO. The van der Waals surface area contributed by atoms with Gasteiger partial charge in [-0.1, -0.05) is 31.9 Å². The third-order valence-electron chi connectivity index (χ3n) is 3.68. The van der Waals surface area contributed by atoms with Crippen LogP contribution in [0.2, 0.25) is 0 Å². The first-order valence-electron chi connectivity index (χ1n) is 6.72. The summed E-state index contributed by atoms with van der Waals surface area (Å²) in [6.45, 7) is 3.16. The minimum atomic E-state index is 0.738. The number of ether oxygens (including phenoxy) is 1. The molecule has 0 spiro atoms. The summed E-state index contributed by atoms with van der Waals surface area (Å²) in [5, 5.41) is 3.65. The van der Waals surface area contributed by atoms with Gasteiger partial charge in [0.25, 0.3) is 0 Å². The van der Waals surface area contributed by atoms with Crippen molar-refractivity contribution in [3.63, 3.8) is 0 Å². The SMILES string of the molecule is CCc1cc(CNC2CCCC2)ccc1OC. The number of rotatable bonds is 5. The van der Waals surface area contributed by atoms with Gasteiger partial charge in [0.1, 0.15) is 5.75 Å². The Morgan fingerprint density at radius 3 is 2.71 bits per heavy atom. The van der Waals surface area contributed by atoms with E-state index in [1.807, 2.05) is 0 Å². The van der Waals surface area contributed by atoms with Gasteiger partial charge in [-0.2, -0.15) is 0 Å². The van der Waals surface area contributed by atoms with Crippen LogP contribution >= 0.6 is 0 Å². The van der Waals surface area contributed by atoms with Gasteiger partial charge in [-0.05, 0) is 36.5 Å². The van der Waals surface area contributed by atoms with Crippen molar-refractivity contribution >= 4 is 0 Å². The molecule has 0 radical (unpaired) electrons. The molecule has 1 fully saturated rings. The first-order chi connectivity index (χ1) is 8.33. The lowest BCUT2D eigenvalue weighted by Crippen LogP contribution is -2.25. The molecule has 1 N–H and O–H groups in total. The van der Waals surface area contributed by atoms with E-state index in [4.69, 9.17) is 4.74 Å². The Balaban J connectivity index is 1.95. The highest BCUT2D eigenvalue weighted by Gasteiger charge is 2.13. The van der Waals surface area contributed by atoms with Crippen LogP contribution in [-0.4, -0.2) is 13.2 Å². The van der Waals surface area contributed by atoms with E-state index in [-0.39, 0.29) is 0 Å². The van der Waals surface area contributed by atoms with Gasteiger partial charge in [0, 0.05) is 12.6 Å². The van der Waals surface area contributed by atoms with Gasteiger partial charge >= 0.3 is 0 Å². The second kappa shape index (κ2) is 6.06. The summed E-state index contributed by atoms with van der Waals surface area (Å²) in [6, 6.07) is 7.26. The molecule has 1 aromatic carbocycles. The van der Waals surface area contributed by atoms with Crippen LogP contribution in [-0.2, 0) is 13.0 Å². The van der Waals surface area contributed by atoms with E-state index in [9.17, 15) is 0 Å². The molecule has 0 heterocycles. The van der Waals surface area contributed by atoms with Crippen LogP contribution in [0.1, 0.15) is 43.7 Å². The number of nitrogens with one attached hydrogen (secondary N) is 1. The predicted octanol–water partition coefficient (Wildman–Crippen LogP) is 3.29. The average molecular weight is 233 g/mol. The maximum atomic E-state index is 5.35. The third-order valence-corrected chi connectivity index (χ3v) is 3.68. The van der Waals surface area contributed by atoms with Crippen molar-refractivity contribution in [1.82, 2.24) is 5.32 Å². The van der Waals surface area contributed by atoms with Crippen molar-refractivity contribution in [1.29, 1.82) is 0 Å². The number of hydrogen-bond acceptors (Lipinski definition) is 2. The van der Waals surface area contributed by atoms with Crippen molar-refractivity contribution in [2.45, 2.75) is 51.6 Å². The number of methoxy groups -OCH3 is 1.